The van der Waals surface area contributed by atoms with E-state index in [9.17, 15) is 19.1 Å². The zero-order chi connectivity index (χ0) is 24.4. The average molecular weight is 460 g/mol. The highest BCUT2D eigenvalue weighted by Crippen LogP contribution is 2.42. The first-order valence-corrected chi connectivity index (χ1v) is 11.2. The third-order valence-electron chi connectivity index (χ3n) is 5.91. The van der Waals surface area contributed by atoms with Gasteiger partial charge in [0.15, 0.2) is 0 Å². The molecule has 1 heterocycles. The maximum Gasteiger partial charge on any atom is 0.300 e. The van der Waals surface area contributed by atoms with E-state index in [1.54, 1.807) is 36.4 Å². The quantitative estimate of drug-likeness (QED) is 0.280. The van der Waals surface area contributed by atoms with Crippen molar-refractivity contribution in [1.82, 2.24) is 0 Å². The van der Waals surface area contributed by atoms with E-state index in [1.165, 1.54) is 29.2 Å². The largest absolute Gasteiger partial charge is 0.507 e. The molecule has 174 valence electrons. The van der Waals surface area contributed by atoms with E-state index in [4.69, 9.17) is 4.74 Å². The Balaban J connectivity index is 1.87. The normalized spacial score (nSPS) is 17.4. The van der Waals surface area contributed by atoms with Crippen LogP contribution in [0.4, 0.5) is 10.1 Å². The second kappa shape index (κ2) is 9.51. The number of Topliss-reactive ketones (excluding diaryl/α,β-unsaturated/α-hetero) is 1. The Morgan fingerprint density at radius 2 is 1.59 bits per heavy atom. The molecule has 1 atom stereocenters. The van der Waals surface area contributed by atoms with Crippen LogP contribution in [-0.2, 0) is 9.59 Å². The van der Waals surface area contributed by atoms with Gasteiger partial charge in [-0.2, -0.15) is 0 Å². The molecule has 0 saturated carbocycles. The number of aliphatic hydroxyl groups excluding tert-OH is 1. The highest BCUT2D eigenvalue weighted by atomic mass is 19.1. The van der Waals surface area contributed by atoms with Crippen LogP contribution in [0.15, 0.2) is 78.4 Å². The number of hydrogen-bond donors (Lipinski definition) is 1. The number of anilines is 1. The molecule has 1 amide bonds. The van der Waals surface area contributed by atoms with Crippen molar-refractivity contribution in [1.29, 1.82) is 0 Å². The standard InChI is InChI=1S/C28H26FNO4/c1-4-34-23-15-9-19(10-16-23)25-24(26(31)20-5-11-21(29)12-6-20)27(32)28(33)30(25)22-13-7-18(8-14-22)17(2)3/h5-17,25,31H,4H2,1-3H3/b26-24+. The molecule has 5 nitrogen and oxygen atoms in total. The number of amides is 1. The molecule has 34 heavy (non-hydrogen) atoms. The molecule has 1 aliphatic heterocycles. The summed E-state index contributed by atoms with van der Waals surface area (Å²) < 4.78 is 19.0. The van der Waals surface area contributed by atoms with Crippen LogP contribution in [0.5, 0.6) is 5.75 Å². The van der Waals surface area contributed by atoms with Gasteiger partial charge in [0.2, 0.25) is 0 Å². The summed E-state index contributed by atoms with van der Waals surface area (Å²) >= 11 is 0. The average Bonchev–Trinajstić information content (AvgIpc) is 3.10. The molecule has 6 heteroatoms. The lowest BCUT2D eigenvalue weighted by Gasteiger charge is -2.26. The van der Waals surface area contributed by atoms with E-state index in [-0.39, 0.29) is 16.9 Å². The number of carbonyl (C=O) groups excluding carboxylic acids is 2. The molecular weight excluding hydrogens is 433 g/mol. The first kappa shape index (κ1) is 23.2. The minimum absolute atomic E-state index is 0.0475. The van der Waals surface area contributed by atoms with Gasteiger partial charge in [-0.3, -0.25) is 14.5 Å². The lowest BCUT2D eigenvalue weighted by Crippen LogP contribution is -2.29. The Hall–Kier alpha value is -3.93. The molecule has 0 aromatic heterocycles. The Morgan fingerprint density at radius 1 is 0.971 bits per heavy atom. The summed E-state index contributed by atoms with van der Waals surface area (Å²) in [4.78, 5) is 27.8. The summed E-state index contributed by atoms with van der Waals surface area (Å²) in [7, 11) is 0. The lowest BCUT2D eigenvalue weighted by atomic mass is 9.95. The van der Waals surface area contributed by atoms with E-state index >= 15 is 0 Å². The van der Waals surface area contributed by atoms with Gasteiger partial charge in [0.05, 0.1) is 18.2 Å². The van der Waals surface area contributed by atoms with Gasteiger partial charge in [-0.05, 0) is 72.5 Å². The van der Waals surface area contributed by atoms with E-state index < -0.39 is 23.5 Å². The zero-order valence-corrected chi connectivity index (χ0v) is 19.3. The van der Waals surface area contributed by atoms with Crippen LogP contribution in [0.25, 0.3) is 5.76 Å². The molecule has 1 aliphatic rings. The molecule has 3 aromatic carbocycles. The molecule has 1 saturated heterocycles. The number of halogens is 1. The van der Waals surface area contributed by atoms with Crippen molar-refractivity contribution in [3.63, 3.8) is 0 Å². The first-order chi connectivity index (χ1) is 16.3. The van der Waals surface area contributed by atoms with Crippen LogP contribution in [0.2, 0.25) is 0 Å². The number of carbonyl (C=O) groups is 2. The van der Waals surface area contributed by atoms with E-state index in [1.807, 2.05) is 19.1 Å². The number of nitrogens with zero attached hydrogens (tertiary/aromatic N) is 1. The van der Waals surface area contributed by atoms with Gasteiger partial charge in [-0.25, -0.2) is 4.39 Å². The number of rotatable bonds is 6. The second-order valence-corrected chi connectivity index (χ2v) is 8.42. The zero-order valence-electron chi connectivity index (χ0n) is 19.3. The van der Waals surface area contributed by atoms with E-state index in [2.05, 4.69) is 13.8 Å². The minimum atomic E-state index is -0.856. The predicted octanol–water partition coefficient (Wildman–Crippen LogP) is 5.97. The molecule has 0 spiro atoms. The van der Waals surface area contributed by atoms with Gasteiger partial charge in [-0.1, -0.05) is 38.1 Å². The summed E-state index contributed by atoms with van der Waals surface area (Å²) in [5.74, 6) is -1.38. The molecule has 1 unspecified atom stereocenters. The van der Waals surface area contributed by atoms with Crippen molar-refractivity contribution < 1.29 is 23.8 Å². The summed E-state index contributed by atoms with van der Waals surface area (Å²) in [6.07, 6.45) is 0. The SMILES string of the molecule is CCOc1ccc(C2/C(=C(\O)c3ccc(F)cc3)C(=O)C(=O)N2c2ccc(C(C)C)cc2)cc1. The van der Waals surface area contributed by atoms with Crippen molar-refractivity contribution in [3.8, 4) is 5.75 Å². The lowest BCUT2D eigenvalue weighted by molar-refractivity contribution is -0.132. The summed E-state index contributed by atoms with van der Waals surface area (Å²) in [5.41, 5.74) is 2.49. The molecule has 4 rings (SSSR count). The van der Waals surface area contributed by atoms with Crippen molar-refractivity contribution >= 4 is 23.1 Å². The van der Waals surface area contributed by atoms with Gasteiger partial charge in [0.1, 0.15) is 17.3 Å². The summed E-state index contributed by atoms with van der Waals surface area (Å²) in [6, 6.07) is 18.8. The topological polar surface area (TPSA) is 66.8 Å². The number of ether oxygens (including phenoxy) is 1. The molecule has 0 bridgehead atoms. The monoisotopic (exact) mass is 459 g/mol. The smallest absolute Gasteiger partial charge is 0.300 e. The molecule has 0 radical (unpaired) electrons. The second-order valence-electron chi connectivity index (χ2n) is 8.42. The maximum atomic E-state index is 13.4. The van der Waals surface area contributed by atoms with E-state index in [0.29, 0.717) is 29.5 Å². The highest BCUT2D eigenvalue weighted by Gasteiger charge is 2.47. The van der Waals surface area contributed by atoms with Crippen LogP contribution in [0, 0.1) is 5.82 Å². The fourth-order valence-electron chi connectivity index (χ4n) is 4.11. The van der Waals surface area contributed by atoms with Crippen LogP contribution in [-0.4, -0.2) is 23.4 Å². The van der Waals surface area contributed by atoms with Gasteiger partial charge in [0, 0.05) is 11.3 Å². The van der Waals surface area contributed by atoms with Crippen molar-refractivity contribution in [2.45, 2.75) is 32.7 Å². The fraction of sp³-hybridized carbons (Fsp3) is 0.214. The van der Waals surface area contributed by atoms with Crippen LogP contribution in [0.1, 0.15) is 49.4 Å². The molecule has 0 aliphatic carbocycles. The fourth-order valence-corrected chi connectivity index (χ4v) is 4.11. The number of benzene rings is 3. The molecular formula is C28H26FNO4. The van der Waals surface area contributed by atoms with Gasteiger partial charge in [-0.15, -0.1) is 0 Å². The van der Waals surface area contributed by atoms with Gasteiger partial charge in [0.25, 0.3) is 11.7 Å². The molecule has 1 fully saturated rings. The number of hydrogen-bond acceptors (Lipinski definition) is 4. The van der Waals surface area contributed by atoms with Crippen LogP contribution < -0.4 is 9.64 Å². The third kappa shape index (κ3) is 4.31. The predicted molar refractivity (Wildman–Crippen MR) is 129 cm³/mol. The maximum absolute atomic E-state index is 13.4. The van der Waals surface area contributed by atoms with Crippen LogP contribution in [0.3, 0.4) is 0 Å². The molecule has 1 N–H and O–H groups in total. The third-order valence-corrected chi connectivity index (χ3v) is 5.91. The minimum Gasteiger partial charge on any atom is -0.507 e. The summed E-state index contributed by atoms with van der Waals surface area (Å²) in [6.45, 7) is 6.53. The van der Waals surface area contributed by atoms with Gasteiger partial charge < -0.3 is 9.84 Å². The Labute approximate surface area is 198 Å². The number of ketones is 1. The Kier molecular flexibility index (Phi) is 6.50. The highest BCUT2D eigenvalue weighted by molar-refractivity contribution is 6.51. The van der Waals surface area contributed by atoms with Crippen LogP contribution >= 0.6 is 0 Å². The Bertz CT molecular complexity index is 1230. The van der Waals surface area contributed by atoms with Crippen molar-refractivity contribution in [3.05, 3.63) is 101 Å². The molecule has 3 aromatic rings. The van der Waals surface area contributed by atoms with Gasteiger partial charge >= 0.3 is 0 Å². The van der Waals surface area contributed by atoms with Crippen molar-refractivity contribution in [2.75, 3.05) is 11.5 Å². The first-order valence-electron chi connectivity index (χ1n) is 11.2. The Morgan fingerprint density at radius 3 is 2.15 bits per heavy atom. The van der Waals surface area contributed by atoms with Crippen molar-refractivity contribution in [2.24, 2.45) is 0 Å². The summed E-state index contributed by atoms with van der Waals surface area (Å²) in [5, 5.41) is 11.1. The number of aliphatic hydroxyl groups is 1. The van der Waals surface area contributed by atoms with E-state index in [0.717, 1.165) is 5.56 Å².